The van der Waals surface area contributed by atoms with E-state index in [1.807, 2.05) is 19.1 Å². The van der Waals surface area contributed by atoms with Crippen LogP contribution >= 0.6 is 11.6 Å². The molecule has 0 radical (unpaired) electrons. The number of aryl methyl sites for hydroxylation is 1. The molecule has 0 aliphatic rings. The first-order chi connectivity index (χ1) is 17.3. The van der Waals surface area contributed by atoms with E-state index in [0.29, 0.717) is 56.5 Å². The molecule has 0 N–H and O–H groups in total. The summed E-state index contributed by atoms with van der Waals surface area (Å²) in [4.78, 5) is 32.4. The molecule has 182 valence electrons. The van der Waals surface area contributed by atoms with Gasteiger partial charge in [0.15, 0.2) is 11.5 Å². The Hall–Kier alpha value is -4.17. The van der Waals surface area contributed by atoms with Crippen molar-refractivity contribution < 1.29 is 13.9 Å². The standard InChI is InChI=1S/C27H23ClN4O4/c1-4-35-20-9-10-21-22(14-20)27(34)32(30-26(21)17-6-5-7-18(28)12-17)15-25(33)31(3)19-8-11-23-24(13-19)36-16(2)29-23/h5-14H,4,15H2,1-3H3. The molecule has 0 aliphatic heterocycles. The van der Waals surface area contributed by atoms with Crippen molar-refractivity contribution in [1.82, 2.24) is 14.8 Å². The summed E-state index contributed by atoms with van der Waals surface area (Å²) in [5.74, 6) is 0.788. The predicted molar refractivity (Wildman–Crippen MR) is 140 cm³/mol. The number of rotatable bonds is 6. The first kappa shape index (κ1) is 23.6. The van der Waals surface area contributed by atoms with E-state index in [1.54, 1.807) is 62.5 Å². The second-order valence-corrected chi connectivity index (χ2v) is 8.74. The number of aromatic nitrogens is 3. The van der Waals surface area contributed by atoms with E-state index in [0.717, 1.165) is 5.56 Å². The van der Waals surface area contributed by atoms with Gasteiger partial charge in [-0.15, -0.1) is 0 Å². The summed E-state index contributed by atoms with van der Waals surface area (Å²) in [6.07, 6.45) is 0. The molecule has 0 aliphatic carbocycles. The smallest absolute Gasteiger partial charge is 0.275 e. The van der Waals surface area contributed by atoms with Crippen molar-refractivity contribution in [2.75, 3.05) is 18.6 Å². The van der Waals surface area contributed by atoms with Crippen LogP contribution < -0.4 is 15.2 Å². The molecule has 5 aromatic rings. The average Bonchev–Trinajstić information content (AvgIpc) is 3.24. The Balaban J connectivity index is 1.57. The average molecular weight is 503 g/mol. The van der Waals surface area contributed by atoms with Crippen LogP contribution in [0.2, 0.25) is 5.02 Å². The highest BCUT2D eigenvalue weighted by molar-refractivity contribution is 6.30. The Labute approximate surface area is 211 Å². The molecule has 2 aromatic heterocycles. The molecule has 0 saturated carbocycles. The van der Waals surface area contributed by atoms with Crippen LogP contribution in [-0.4, -0.2) is 34.3 Å². The van der Waals surface area contributed by atoms with Crippen molar-refractivity contribution in [3.63, 3.8) is 0 Å². The highest BCUT2D eigenvalue weighted by atomic mass is 35.5. The van der Waals surface area contributed by atoms with Gasteiger partial charge in [0.25, 0.3) is 5.56 Å². The molecule has 1 amide bonds. The van der Waals surface area contributed by atoms with Gasteiger partial charge in [-0.1, -0.05) is 23.7 Å². The first-order valence-electron chi connectivity index (χ1n) is 11.4. The third-order valence-electron chi connectivity index (χ3n) is 5.87. The third-order valence-corrected chi connectivity index (χ3v) is 6.10. The Morgan fingerprint density at radius 2 is 1.94 bits per heavy atom. The molecule has 8 nitrogen and oxygen atoms in total. The number of hydrogen-bond donors (Lipinski definition) is 0. The van der Waals surface area contributed by atoms with Crippen LogP contribution in [-0.2, 0) is 11.3 Å². The van der Waals surface area contributed by atoms with Gasteiger partial charge in [-0.2, -0.15) is 5.10 Å². The lowest BCUT2D eigenvalue weighted by atomic mass is 10.0. The zero-order chi connectivity index (χ0) is 25.4. The number of hydrogen-bond acceptors (Lipinski definition) is 6. The molecular weight excluding hydrogens is 480 g/mol. The highest BCUT2D eigenvalue weighted by Gasteiger charge is 2.19. The fraction of sp³-hybridized carbons (Fsp3) is 0.185. The van der Waals surface area contributed by atoms with E-state index in [1.165, 1.54) is 9.58 Å². The molecule has 0 saturated heterocycles. The number of oxazole rings is 1. The molecule has 5 rings (SSSR count). The van der Waals surface area contributed by atoms with Crippen molar-refractivity contribution in [3.8, 4) is 17.0 Å². The van der Waals surface area contributed by atoms with Crippen LogP contribution in [0, 0.1) is 6.92 Å². The van der Waals surface area contributed by atoms with Crippen molar-refractivity contribution in [2.24, 2.45) is 0 Å². The number of likely N-dealkylation sites (N-methyl/N-ethyl adjacent to an activating group) is 1. The third kappa shape index (κ3) is 4.43. The van der Waals surface area contributed by atoms with Crippen molar-refractivity contribution >= 4 is 45.1 Å². The van der Waals surface area contributed by atoms with E-state index in [-0.39, 0.29) is 18.0 Å². The maximum Gasteiger partial charge on any atom is 0.275 e. The molecule has 36 heavy (non-hydrogen) atoms. The zero-order valence-electron chi connectivity index (χ0n) is 20.0. The lowest BCUT2D eigenvalue weighted by Gasteiger charge is -2.18. The first-order valence-corrected chi connectivity index (χ1v) is 11.8. The number of halogens is 1. The normalized spacial score (nSPS) is 11.2. The van der Waals surface area contributed by atoms with Crippen LogP contribution in [0.5, 0.6) is 5.75 Å². The van der Waals surface area contributed by atoms with Gasteiger partial charge < -0.3 is 14.1 Å². The number of anilines is 1. The summed E-state index contributed by atoms with van der Waals surface area (Å²) < 4.78 is 12.4. The number of carbonyl (C=O) groups excluding carboxylic acids is 1. The Bertz CT molecular complexity index is 1670. The number of carbonyl (C=O) groups is 1. The highest BCUT2D eigenvalue weighted by Crippen LogP contribution is 2.29. The fourth-order valence-electron chi connectivity index (χ4n) is 4.09. The molecule has 3 aromatic carbocycles. The van der Waals surface area contributed by atoms with Gasteiger partial charge in [-0.05, 0) is 49.4 Å². The van der Waals surface area contributed by atoms with Gasteiger partial charge in [0.2, 0.25) is 5.91 Å². The Morgan fingerprint density at radius 3 is 2.72 bits per heavy atom. The van der Waals surface area contributed by atoms with Gasteiger partial charge in [-0.25, -0.2) is 9.67 Å². The summed E-state index contributed by atoms with van der Waals surface area (Å²) in [6.45, 7) is 3.84. The van der Waals surface area contributed by atoms with E-state index < -0.39 is 0 Å². The number of ether oxygens (including phenoxy) is 1. The minimum absolute atomic E-state index is 0.259. The van der Waals surface area contributed by atoms with Crippen molar-refractivity contribution in [1.29, 1.82) is 0 Å². The minimum atomic E-state index is -0.389. The molecule has 0 fully saturated rings. The Morgan fingerprint density at radius 1 is 1.11 bits per heavy atom. The molecule has 0 spiro atoms. The molecule has 0 unspecified atom stereocenters. The van der Waals surface area contributed by atoms with Crippen LogP contribution in [0.4, 0.5) is 5.69 Å². The van der Waals surface area contributed by atoms with Crippen molar-refractivity contribution in [3.05, 3.63) is 81.9 Å². The summed E-state index contributed by atoms with van der Waals surface area (Å²) in [5, 5.41) is 6.18. The van der Waals surface area contributed by atoms with Gasteiger partial charge in [0.05, 0.1) is 17.7 Å². The molecule has 0 bridgehead atoms. The second-order valence-electron chi connectivity index (χ2n) is 8.30. The molecule has 2 heterocycles. The maximum atomic E-state index is 13.4. The van der Waals surface area contributed by atoms with E-state index in [2.05, 4.69) is 10.1 Å². The summed E-state index contributed by atoms with van der Waals surface area (Å²) in [7, 11) is 1.64. The fourth-order valence-corrected chi connectivity index (χ4v) is 4.28. The van der Waals surface area contributed by atoms with E-state index >= 15 is 0 Å². The SMILES string of the molecule is CCOc1ccc2c(-c3cccc(Cl)c3)nn(CC(=O)N(C)c3ccc4nc(C)oc4c3)c(=O)c2c1. The molecule has 0 atom stereocenters. The van der Waals surface area contributed by atoms with Gasteiger partial charge >= 0.3 is 0 Å². The lowest BCUT2D eigenvalue weighted by Crippen LogP contribution is -2.35. The summed E-state index contributed by atoms with van der Waals surface area (Å²) in [5.41, 5.74) is 2.80. The van der Waals surface area contributed by atoms with Gasteiger partial charge in [0, 0.05) is 41.7 Å². The zero-order valence-corrected chi connectivity index (χ0v) is 20.7. The molecular formula is C27H23ClN4O4. The Kier molecular flexibility index (Phi) is 6.20. The minimum Gasteiger partial charge on any atom is -0.494 e. The number of fused-ring (bicyclic) bond motifs is 2. The lowest BCUT2D eigenvalue weighted by molar-refractivity contribution is -0.119. The summed E-state index contributed by atoms with van der Waals surface area (Å²) in [6, 6.07) is 17.8. The predicted octanol–water partition coefficient (Wildman–Crippen LogP) is 5.23. The van der Waals surface area contributed by atoms with Crippen molar-refractivity contribution in [2.45, 2.75) is 20.4 Å². The van der Waals surface area contributed by atoms with Crippen LogP contribution in [0.1, 0.15) is 12.8 Å². The number of benzene rings is 3. The topological polar surface area (TPSA) is 90.5 Å². The monoisotopic (exact) mass is 502 g/mol. The largest absolute Gasteiger partial charge is 0.494 e. The van der Waals surface area contributed by atoms with Crippen LogP contribution in [0.15, 0.2) is 69.9 Å². The van der Waals surface area contributed by atoms with Gasteiger partial charge in [-0.3, -0.25) is 9.59 Å². The maximum absolute atomic E-state index is 13.4. The van der Waals surface area contributed by atoms with E-state index in [9.17, 15) is 9.59 Å². The summed E-state index contributed by atoms with van der Waals surface area (Å²) >= 11 is 6.23. The van der Waals surface area contributed by atoms with Crippen LogP contribution in [0.25, 0.3) is 33.1 Å². The number of nitrogens with zero attached hydrogens (tertiary/aromatic N) is 4. The van der Waals surface area contributed by atoms with Crippen LogP contribution in [0.3, 0.4) is 0 Å². The quantitative estimate of drug-likeness (QED) is 0.316. The number of amides is 1. The molecule has 9 heteroatoms. The van der Waals surface area contributed by atoms with Gasteiger partial charge in [0.1, 0.15) is 17.8 Å². The van der Waals surface area contributed by atoms with E-state index in [4.69, 9.17) is 20.8 Å². The second kappa shape index (κ2) is 9.47.